The fraction of sp³-hybridized carbons (Fsp3) is 0.464. The van der Waals surface area contributed by atoms with Crippen LogP contribution in [0.2, 0.25) is 0 Å². The lowest BCUT2D eigenvalue weighted by Gasteiger charge is -2.31. The van der Waals surface area contributed by atoms with Crippen LogP contribution in [0.3, 0.4) is 0 Å². The molecule has 186 valence electrons. The molecule has 0 radical (unpaired) electrons. The van der Waals surface area contributed by atoms with Crippen molar-refractivity contribution in [2.75, 3.05) is 19.7 Å². The van der Waals surface area contributed by atoms with Gasteiger partial charge in [-0.15, -0.1) is 0 Å². The number of nitrogens with zero attached hydrogens (tertiary/aromatic N) is 1. The standard InChI is InChI=1S/C28H34N2O5/c1-19(12-13-25(31)30-17-7-15-28(30,2)26(32)33)14-16-29-27(34)35-18-24-22-10-5-3-8-20(22)21-9-4-6-11-23(21)24/h3-6,8-11,19,24H,7,12-18H2,1-2H3,(H,29,34)(H,32,33). The highest BCUT2D eigenvalue weighted by Gasteiger charge is 2.45. The summed E-state index contributed by atoms with van der Waals surface area (Å²) in [5, 5.41) is 12.3. The van der Waals surface area contributed by atoms with Crippen LogP contribution in [0.25, 0.3) is 11.1 Å². The van der Waals surface area contributed by atoms with Crippen LogP contribution in [0.4, 0.5) is 4.79 Å². The quantitative estimate of drug-likeness (QED) is 0.540. The monoisotopic (exact) mass is 478 g/mol. The second-order valence-corrected chi connectivity index (χ2v) is 9.91. The highest BCUT2D eigenvalue weighted by Crippen LogP contribution is 2.44. The number of hydrogen-bond acceptors (Lipinski definition) is 4. The Balaban J connectivity index is 1.19. The van der Waals surface area contributed by atoms with Gasteiger partial charge in [0, 0.05) is 25.4 Å². The number of likely N-dealkylation sites (tertiary alicyclic amines) is 1. The van der Waals surface area contributed by atoms with Gasteiger partial charge in [0.05, 0.1) is 0 Å². The van der Waals surface area contributed by atoms with E-state index in [0.29, 0.717) is 45.2 Å². The van der Waals surface area contributed by atoms with Gasteiger partial charge >= 0.3 is 12.1 Å². The van der Waals surface area contributed by atoms with Crippen molar-refractivity contribution in [1.82, 2.24) is 10.2 Å². The van der Waals surface area contributed by atoms with Crippen molar-refractivity contribution < 1.29 is 24.2 Å². The highest BCUT2D eigenvalue weighted by atomic mass is 16.5. The Kier molecular flexibility index (Phi) is 7.43. The zero-order valence-corrected chi connectivity index (χ0v) is 20.5. The predicted molar refractivity (Wildman–Crippen MR) is 133 cm³/mol. The first-order chi connectivity index (χ1) is 16.8. The third-order valence-corrected chi connectivity index (χ3v) is 7.50. The molecule has 1 heterocycles. The number of hydrogen-bond donors (Lipinski definition) is 2. The molecule has 7 nitrogen and oxygen atoms in total. The minimum Gasteiger partial charge on any atom is -0.480 e. The molecule has 2 aliphatic rings. The number of amides is 2. The van der Waals surface area contributed by atoms with E-state index in [2.05, 4.69) is 29.6 Å². The molecule has 2 aromatic rings. The van der Waals surface area contributed by atoms with Gasteiger partial charge in [-0.25, -0.2) is 9.59 Å². The number of benzene rings is 2. The number of carbonyl (C=O) groups is 3. The van der Waals surface area contributed by atoms with Crippen molar-refractivity contribution in [3.8, 4) is 11.1 Å². The first-order valence-electron chi connectivity index (χ1n) is 12.4. The zero-order chi connectivity index (χ0) is 25.0. The fourth-order valence-electron chi connectivity index (χ4n) is 5.30. The van der Waals surface area contributed by atoms with E-state index in [1.165, 1.54) is 27.2 Å². The minimum absolute atomic E-state index is 0.0279. The number of alkyl carbamates (subject to hydrolysis) is 1. The third-order valence-electron chi connectivity index (χ3n) is 7.50. The lowest BCUT2D eigenvalue weighted by atomic mass is 9.97. The molecule has 35 heavy (non-hydrogen) atoms. The van der Waals surface area contributed by atoms with Crippen molar-refractivity contribution >= 4 is 18.0 Å². The number of fused-ring (bicyclic) bond motifs is 3. The number of carboxylic acid groups (broad SMARTS) is 1. The van der Waals surface area contributed by atoms with Crippen LogP contribution in [0.1, 0.15) is 63.0 Å². The summed E-state index contributed by atoms with van der Waals surface area (Å²) in [4.78, 5) is 38.0. The summed E-state index contributed by atoms with van der Waals surface area (Å²) in [5.41, 5.74) is 3.65. The second kappa shape index (κ2) is 10.5. The van der Waals surface area contributed by atoms with Crippen LogP contribution in [0, 0.1) is 5.92 Å². The number of rotatable bonds is 9. The van der Waals surface area contributed by atoms with Gasteiger partial charge < -0.3 is 20.1 Å². The first kappa shape index (κ1) is 24.8. The number of carbonyl (C=O) groups excluding carboxylic acids is 2. The highest BCUT2D eigenvalue weighted by molar-refractivity contribution is 5.87. The molecular formula is C28H34N2O5. The predicted octanol–water partition coefficient (Wildman–Crippen LogP) is 4.80. The van der Waals surface area contributed by atoms with Gasteiger partial charge in [0.1, 0.15) is 12.1 Å². The Bertz CT molecular complexity index is 1050. The SMILES string of the molecule is CC(CCNC(=O)OCC1c2ccccc2-c2ccccc21)CCC(=O)N1CCCC1(C)C(=O)O. The maximum Gasteiger partial charge on any atom is 0.407 e. The van der Waals surface area contributed by atoms with Gasteiger partial charge in [0.2, 0.25) is 5.91 Å². The van der Waals surface area contributed by atoms with Crippen LogP contribution < -0.4 is 5.32 Å². The van der Waals surface area contributed by atoms with E-state index in [1.54, 1.807) is 6.92 Å². The van der Waals surface area contributed by atoms with E-state index in [4.69, 9.17) is 4.74 Å². The summed E-state index contributed by atoms with van der Waals surface area (Å²) in [6.07, 6.45) is 2.45. The average Bonchev–Trinajstić information content (AvgIpc) is 3.40. The van der Waals surface area contributed by atoms with Crippen molar-refractivity contribution in [2.24, 2.45) is 5.92 Å². The average molecular weight is 479 g/mol. The van der Waals surface area contributed by atoms with Gasteiger partial charge in [-0.05, 0) is 60.8 Å². The Hall–Kier alpha value is -3.35. The molecule has 2 aromatic carbocycles. The number of aliphatic carboxylic acids is 1. The maximum atomic E-state index is 12.6. The van der Waals surface area contributed by atoms with E-state index >= 15 is 0 Å². The molecule has 7 heteroatoms. The van der Waals surface area contributed by atoms with Crippen LogP contribution in [0.5, 0.6) is 0 Å². The molecule has 0 spiro atoms. The van der Waals surface area contributed by atoms with E-state index < -0.39 is 17.6 Å². The molecule has 1 aliphatic heterocycles. The van der Waals surface area contributed by atoms with Crippen LogP contribution >= 0.6 is 0 Å². The van der Waals surface area contributed by atoms with E-state index in [-0.39, 0.29) is 24.3 Å². The minimum atomic E-state index is -1.09. The van der Waals surface area contributed by atoms with Gasteiger partial charge in [-0.1, -0.05) is 55.5 Å². The van der Waals surface area contributed by atoms with E-state index in [0.717, 1.165) is 0 Å². The molecule has 0 aromatic heterocycles. The van der Waals surface area contributed by atoms with Crippen LogP contribution in [-0.4, -0.2) is 53.2 Å². The Morgan fingerprint density at radius 3 is 2.34 bits per heavy atom. The number of ether oxygens (including phenoxy) is 1. The summed E-state index contributed by atoms with van der Waals surface area (Å²) < 4.78 is 5.57. The molecule has 2 N–H and O–H groups in total. The molecule has 4 rings (SSSR count). The molecule has 1 saturated heterocycles. The number of nitrogens with one attached hydrogen (secondary N) is 1. The molecule has 0 bridgehead atoms. The molecule has 0 saturated carbocycles. The Morgan fingerprint density at radius 1 is 1.09 bits per heavy atom. The first-order valence-corrected chi connectivity index (χ1v) is 12.4. The van der Waals surface area contributed by atoms with Crippen molar-refractivity contribution in [3.05, 3.63) is 59.7 Å². The third kappa shape index (κ3) is 5.19. The van der Waals surface area contributed by atoms with Crippen molar-refractivity contribution in [2.45, 2.75) is 57.4 Å². The van der Waals surface area contributed by atoms with Crippen molar-refractivity contribution in [3.63, 3.8) is 0 Å². The molecule has 2 amide bonds. The molecular weight excluding hydrogens is 444 g/mol. The summed E-state index contributed by atoms with van der Waals surface area (Å²) >= 11 is 0. The summed E-state index contributed by atoms with van der Waals surface area (Å²) in [7, 11) is 0. The van der Waals surface area contributed by atoms with Gasteiger partial charge in [-0.2, -0.15) is 0 Å². The zero-order valence-electron chi connectivity index (χ0n) is 20.5. The molecule has 1 aliphatic carbocycles. The van der Waals surface area contributed by atoms with Gasteiger partial charge in [0.25, 0.3) is 0 Å². The van der Waals surface area contributed by atoms with E-state index in [1.807, 2.05) is 31.2 Å². The topological polar surface area (TPSA) is 95.9 Å². The second-order valence-electron chi connectivity index (χ2n) is 9.91. The lowest BCUT2D eigenvalue weighted by Crippen LogP contribution is -2.50. The molecule has 2 atom stereocenters. The fourth-order valence-corrected chi connectivity index (χ4v) is 5.30. The summed E-state index contributed by atoms with van der Waals surface area (Å²) in [6, 6.07) is 16.5. The largest absolute Gasteiger partial charge is 0.480 e. The normalized spacial score (nSPS) is 19.7. The van der Waals surface area contributed by atoms with Crippen molar-refractivity contribution in [1.29, 1.82) is 0 Å². The van der Waals surface area contributed by atoms with Gasteiger partial charge in [-0.3, -0.25) is 4.79 Å². The molecule has 1 fully saturated rings. The van der Waals surface area contributed by atoms with Crippen LogP contribution in [0.15, 0.2) is 48.5 Å². The lowest BCUT2D eigenvalue weighted by molar-refractivity contribution is -0.155. The van der Waals surface area contributed by atoms with E-state index in [9.17, 15) is 19.5 Å². The number of carboxylic acids is 1. The Labute approximate surface area is 206 Å². The Morgan fingerprint density at radius 2 is 1.71 bits per heavy atom. The molecule has 2 unspecified atom stereocenters. The van der Waals surface area contributed by atoms with Crippen LogP contribution in [-0.2, 0) is 14.3 Å². The summed E-state index contributed by atoms with van der Waals surface area (Å²) in [6.45, 7) is 4.90. The summed E-state index contributed by atoms with van der Waals surface area (Å²) in [5.74, 6) is -0.806. The van der Waals surface area contributed by atoms with Gasteiger partial charge in [0.15, 0.2) is 0 Å². The smallest absolute Gasteiger partial charge is 0.407 e. The maximum absolute atomic E-state index is 12.6.